The number of halogens is 3. The first-order valence-electron chi connectivity index (χ1n) is 9.73. The minimum atomic E-state index is -1.03. The van der Waals surface area contributed by atoms with E-state index in [9.17, 15) is 14.3 Å². The quantitative estimate of drug-likeness (QED) is 0.506. The SMILES string of the molecule is O=C(O)c1nccc2c1CCCN2Cc1cc(Cl)ccc1OCc1ccc(Cl)cc1F. The zero-order valence-electron chi connectivity index (χ0n) is 16.4. The number of carboxylic acids is 1. The van der Waals surface area contributed by atoms with Crippen LogP contribution in [0.25, 0.3) is 0 Å². The summed E-state index contributed by atoms with van der Waals surface area (Å²) in [6.07, 6.45) is 2.99. The fourth-order valence-corrected chi connectivity index (χ4v) is 4.11. The van der Waals surface area contributed by atoms with Gasteiger partial charge >= 0.3 is 5.97 Å². The number of nitrogens with zero attached hydrogens (tertiary/aromatic N) is 2. The molecule has 5 nitrogen and oxygen atoms in total. The minimum Gasteiger partial charge on any atom is -0.488 e. The van der Waals surface area contributed by atoms with E-state index in [1.54, 1.807) is 24.3 Å². The van der Waals surface area contributed by atoms with Crippen molar-refractivity contribution >= 4 is 34.9 Å². The molecule has 0 atom stereocenters. The summed E-state index contributed by atoms with van der Waals surface area (Å²) in [4.78, 5) is 17.7. The van der Waals surface area contributed by atoms with Crippen molar-refractivity contribution in [1.82, 2.24) is 4.98 Å². The van der Waals surface area contributed by atoms with E-state index in [0.717, 1.165) is 29.8 Å². The Morgan fingerprint density at radius 2 is 1.90 bits per heavy atom. The van der Waals surface area contributed by atoms with Crippen molar-refractivity contribution in [2.75, 3.05) is 11.4 Å². The molecule has 0 saturated heterocycles. The Morgan fingerprint density at radius 3 is 2.68 bits per heavy atom. The van der Waals surface area contributed by atoms with E-state index >= 15 is 0 Å². The van der Waals surface area contributed by atoms with Crippen molar-refractivity contribution in [3.63, 3.8) is 0 Å². The van der Waals surface area contributed by atoms with Gasteiger partial charge in [0, 0.05) is 51.7 Å². The van der Waals surface area contributed by atoms with E-state index in [4.69, 9.17) is 27.9 Å². The third kappa shape index (κ3) is 4.75. The van der Waals surface area contributed by atoms with E-state index < -0.39 is 11.8 Å². The van der Waals surface area contributed by atoms with Crippen molar-refractivity contribution in [2.45, 2.75) is 26.0 Å². The minimum absolute atomic E-state index is 0.0430. The van der Waals surface area contributed by atoms with Crippen molar-refractivity contribution in [1.29, 1.82) is 0 Å². The van der Waals surface area contributed by atoms with Crippen LogP contribution in [0.5, 0.6) is 5.75 Å². The normalized spacial score (nSPS) is 13.1. The summed E-state index contributed by atoms with van der Waals surface area (Å²) < 4.78 is 20.0. The molecular weight excluding hydrogens is 442 g/mol. The van der Waals surface area contributed by atoms with Crippen molar-refractivity contribution < 1.29 is 19.0 Å². The van der Waals surface area contributed by atoms with E-state index in [-0.39, 0.29) is 12.3 Å². The number of fused-ring (bicyclic) bond motifs is 1. The Bertz CT molecular complexity index is 1140. The lowest BCUT2D eigenvalue weighted by molar-refractivity contribution is 0.0689. The van der Waals surface area contributed by atoms with Gasteiger partial charge in [-0.2, -0.15) is 0 Å². The highest BCUT2D eigenvalue weighted by molar-refractivity contribution is 6.30. The van der Waals surface area contributed by atoms with Gasteiger partial charge in [-0.25, -0.2) is 14.2 Å². The van der Waals surface area contributed by atoms with Crippen LogP contribution in [0.4, 0.5) is 10.1 Å². The van der Waals surface area contributed by atoms with Gasteiger partial charge in [0.2, 0.25) is 0 Å². The number of rotatable bonds is 6. The molecule has 0 saturated carbocycles. The van der Waals surface area contributed by atoms with Crippen LogP contribution in [-0.4, -0.2) is 22.6 Å². The van der Waals surface area contributed by atoms with Crippen LogP contribution in [0.1, 0.15) is 33.6 Å². The predicted molar refractivity (Wildman–Crippen MR) is 118 cm³/mol. The largest absolute Gasteiger partial charge is 0.488 e. The Labute approximate surface area is 189 Å². The van der Waals surface area contributed by atoms with Crippen LogP contribution in [0.15, 0.2) is 48.7 Å². The van der Waals surface area contributed by atoms with E-state index in [1.807, 2.05) is 12.1 Å². The summed E-state index contributed by atoms with van der Waals surface area (Å²) in [5.74, 6) is -0.879. The summed E-state index contributed by atoms with van der Waals surface area (Å²) >= 11 is 12.0. The van der Waals surface area contributed by atoms with Gasteiger partial charge in [0.25, 0.3) is 0 Å². The van der Waals surface area contributed by atoms with Gasteiger partial charge in [-0.15, -0.1) is 0 Å². The number of ether oxygens (including phenoxy) is 1. The molecule has 1 N–H and O–H groups in total. The number of hydrogen-bond acceptors (Lipinski definition) is 4. The molecule has 2 aromatic carbocycles. The van der Waals surface area contributed by atoms with E-state index in [1.165, 1.54) is 12.3 Å². The summed E-state index contributed by atoms with van der Waals surface area (Å²) in [5.41, 5.74) is 2.87. The molecule has 4 rings (SSSR count). The molecule has 0 aliphatic carbocycles. The highest BCUT2D eigenvalue weighted by Crippen LogP contribution is 2.33. The Kier molecular flexibility index (Phi) is 6.30. The monoisotopic (exact) mass is 460 g/mol. The van der Waals surface area contributed by atoms with Gasteiger partial charge in [0.15, 0.2) is 5.69 Å². The molecule has 0 amide bonds. The average molecular weight is 461 g/mol. The second kappa shape index (κ2) is 9.12. The predicted octanol–water partition coefficient (Wildman–Crippen LogP) is 5.76. The Morgan fingerprint density at radius 1 is 1.13 bits per heavy atom. The molecule has 160 valence electrons. The second-order valence-electron chi connectivity index (χ2n) is 7.26. The zero-order chi connectivity index (χ0) is 22.0. The molecule has 0 bridgehead atoms. The van der Waals surface area contributed by atoms with Crippen LogP contribution in [-0.2, 0) is 19.6 Å². The lowest BCUT2D eigenvalue weighted by Crippen LogP contribution is -2.30. The number of aromatic carboxylic acids is 1. The van der Waals surface area contributed by atoms with Crippen LogP contribution in [0, 0.1) is 5.82 Å². The molecular formula is C23H19Cl2FN2O3. The van der Waals surface area contributed by atoms with Gasteiger partial charge in [0.1, 0.15) is 18.2 Å². The van der Waals surface area contributed by atoms with Crippen LogP contribution < -0.4 is 9.64 Å². The van der Waals surface area contributed by atoms with Gasteiger partial charge in [0.05, 0.1) is 0 Å². The van der Waals surface area contributed by atoms with Gasteiger partial charge in [-0.3, -0.25) is 0 Å². The molecule has 0 unspecified atom stereocenters. The smallest absolute Gasteiger partial charge is 0.354 e. The summed E-state index contributed by atoms with van der Waals surface area (Å²) in [7, 11) is 0. The maximum absolute atomic E-state index is 14.1. The third-order valence-electron chi connectivity index (χ3n) is 5.21. The number of benzene rings is 2. The van der Waals surface area contributed by atoms with E-state index in [0.29, 0.717) is 34.3 Å². The van der Waals surface area contributed by atoms with E-state index in [2.05, 4.69) is 9.88 Å². The molecule has 0 fully saturated rings. The zero-order valence-corrected chi connectivity index (χ0v) is 18.0. The van der Waals surface area contributed by atoms with Crippen LogP contribution in [0.3, 0.4) is 0 Å². The highest BCUT2D eigenvalue weighted by atomic mass is 35.5. The highest BCUT2D eigenvalue weighted by Gasteiger charge is 2.24. The topological polar surface area (TPSA) is 62.7 Å². The molecule has 2 heterocycles. The summed E-state index contributed by atoms with van der Waals surface area (Å²) in [6.45, 7) is 1.27. The summed E-state index contributed by atoms with van der Waals surface area (Å²) in [6, 6.07) is 11.6. The average Bonchev–Trinajstić information content (AvgIpc) is 2.74. The third-order valence-corrected chi connectivity index (χ3v) is 5.68. The molecule has 0 spiro atoms. The van der Waals surface area contributed by atoms with Gasteiger partial charge in [-0.1, -0.05) is 29.3 Å². The first-order chi connectivity index (χ1) is 14.9. The van der Waals surface area contributed by atoms with Crippen molar-refractivity contribution in [3.05, 3.63) is 86.9 Å². The molecule has 31 heavy (non-hydrogen) atoms. The lowest BCUT2D eigenvalue weighted by atomic mass is 9.99. The second-order valence-corrected chi connectivity index (χ2v) is 8.14. The van der Waals surface area contributed by atoms with Crippen LogP contribution in [0.2, 0.25) is 10.0 Å². The molecule has 3 aromatic rings. The Hall–Kier alpha value is -2.83. The fraction of sp³-hybridized carbons (Fsp3) is 0.217. The molecule has 1 aliphatic rings. The molecule has 1 aromatic heterocycles. The van der Waals surface area contributed by atoms with Gasteiger partial charge < -0.3 is 14.7 Å². The number of carboxylic acid groups (broad SMARTS) is 1. The van der Waals surface area contributed by atoms with Crippen molar-refractivity contribution in [3.8, 4) is 5.75 Å². The fourth-order valence-electron chi connectivity index (χ4n) is 3.75. The Balaban J connectivity index is 1.59. The maximum Gasteiger partial charge on any atom is 0.354 e. The first kappa shape index (κ1) is 21.4. The molecule has 0 radical (unpaired) electrons. The number of pyridine rings is 1. The molecule has 8 heteroatoms. The first-order valence-corrected chi connectivity index (χ1v) is 10.5. The van der Waals surface area contributed by atoms with Crippen molar-refractivity contribution in [2.24, 2.45) is 0 Å². The maximum atomic E-state index is 14.1. The number of anilines is 1. The number of aromatic nitrogens is 1. The van der Waals surface area contributed by atoms with Crippen LogP contribution >= 0.6 is 23.2 Å². The lowest BCUT2D eigenvalue weighted by Gasteiger charge is -2.32. The number of hydrogen-bond donors (Lipinski definition) is 1. The van der Waals surface area contributed by atoms with Gasteiger partial charge in [-0.05, 0) is 49.2 Å². The number of carbonyl (C=O) groups is 1. The standard InChI is InChI=1S/C23H19Cl2FN2O3/c24-16-5-6-21(31-13-14-3-4-17(25)11-19(14)26)15(10-16)12-28-9-1-2-18-20(28)7-8-27-22(18)23(29)30/h3-8,10-11H,1-2,9,12-13H2,(H,29,30). The summed E-state index contributed by atoms with van der Waals surface area (Å²) in [5, 5.41) is 10.3. The molecule has 1 aliphatic heterocycles.